The Hall–Kier alpha value is -1.74. The van der Waals surface area contributed by atoms with Crippen LogP contribution in [0.15, 0.2) is 36.9 Å². The van der Waals surface area contributed by atoms with Gasteiger partial charge in [0.1, 0.15) is 17.3 Å². The molecular formula is C15H16ClN3. The van der Waals surface area contributed by atoms with Gasteiger partial charge in [0, 0.05) is 23.0 Å². The van der Waals surface area contributed by atoms with Gasteiger partial charge in [0.2, 0.25) is 0 Å². The zero-order valence-electron chi connectivity index (χ0n) is 10.6. The van der Waals surface area contributed by atoms with Crippen molar-refractivity contribution in [3.8, 4) is 11.3 Å². The average molecular weight is 274 g/mol. The van der Waals surface area contributed by atoms with Crippen LogP contribution in [0.3, 0.4) is 0 Å². The van der Waals surface area contributed by atoms with Crippen LogP contribution < -0.4 is 5.73 Å². The molecule has 1 heterocycles. The second kappa shape index (κ2) is 4.74. The number of benzene rings is 1. The molecule has 2 N–H and O–H groups in total. The minimum Gasteiger partial charge on any atom is -0.383 e. The second-order valence-electron chi connectivity index (χ2n) is 4.88. The molecule has 1 aromatic heterocycles. The molecule has 1 aliphatic rings. The molecule has 0 amide bonds. The number of imidazole rings is 1. The zero-order valence-corrected chi connectivity index (χ0v) is 11.4. The number of aromatic nitrogens is 2. The van der Waals surface area contributed by atoms with E-state index in [9.17, 15) is 0 Å². The smallest absolute Gasteiger partial charge is 0.132 e. The third kappa shape index (κ3) is 2.26. The summed E-state index contributed by atoms with van der Waals surface area (Å²) in [5.74, 6) is 2.36. The van der Waals surface area contributed by atoms with Gasteiger partial charge < -0.3 is 10.3 Å². The molecule has 19 heavy (non-hydrogen) atoms. The maximum Gasteiger partial charge on any atom is 0.132 e. The van der Waals surface area contributed by atoms with Crippen LogP contribution in [0.4, 0.5) is 5.82 Å². The number of hydrogen-bond donors (Lipinski definition) is 1. The van der Waals surface area contributed by atoms with Crippen LogP contribution in [0.1, 0.15) is 24.6 Å². The first-order valence-electron chi connectivity index (χ1n) is 6.43. The molecule has 0 spiro atoms. The monoisotopic (exact) mass is 273 g/mol. The first kappa shape index (κ1) is 12.3. The summed E-state index contributed by atoms with van der Waals surface area (Å²) >= 11 is 5.92. The third-order valence-electron chi connectivity index (χ3n) is 3.41. The summed E-state index contributed by atoms with van der Waals surface area (Å²) in [6.45, 7) is 4.50. The van der Waals surface area contributed by atoms with Gasteiger partial charge in [-0.15, -0.1) is 6.58 Å². The standard InChI is InChI=1S/C15H16ClN3/c1-2-9-19-14(17)13(18-15(19)11-3-4-11)10-5-7-12(16)8-6-10/h2,5-8,11H,1,3-4,9,17H2. The molecule has 0 saturated heterocycles. The Labute approximate surface area is 117 Å². The van der Waals surface area contributed by atoms with Crippen molar-refractivity contribution >= 4 is 17.4 Å². The number of anilines is 1. The Kier molecular flexibility index (Phi) is 3.07. The van der Waals surface area contributed by atoms with Crippen molar-refractivity contribution in [1.29, 1.82) is 0 Å². The second-order valence-corrected chi connectivity index (χ2v) is 5.32. The summed E-state index contributed by atoms with van der Waals surface area (Å²) in [6, 6.07) is 7.63. The molecule has 0 aliphatic heterocycles. The molecule has 0 bridgehead atoms. The topological polar surface area (TPSA) is 43.8 Å². The van der Waals surface area contributed by atoms with E-state index in [-0.39, 0.29) is 0 Å². The van der Waals surface area contributed by atoms with Gasteiger partial charge >= 0.3 is 0 Å². The van der Waals surface area contributed by atoms with Crippen molar-refractivity contribution in [2.75, 3.05) is 5.73 Å². The quantitative estimate of drug-likeness (QED) is 0.860. The van der Waals surface area contributed by atoms with Crippen molar-refractivity contribution in [2.24, 2.45) is 0 Å². The average Bonchev–Trinajstić information content (AvgIpc) is 3.19. The van der Waals surface area contributed by atoms with Gasteiger partial charge in [-0.05, 0) is 25.0 Å². The lowest BCUT2D eigenvalue weighted by molar-refractivity contribution is 0.750. The molecule has 1 fully saturated rings. The fourth-order valence-corrected chi connectivity index (χ4v) is 2.40. The summed E-state index contributed by atoms with van der Waals surface area (Å²) in [6.07, 6.45) is 4.26. The van der Waals surface area contributed by atoms with E-state index >= 15 is 0 Å². The SMILES string of the molecule is C=CCn1c(C2CC2)nc(-c2ccc(Cl)cc2)c1N. The van der Waals surface area contributed by atoms with E-state index in [2.05, 4.69) is 11.1 Å². The number of nitrogens with zero attached hydrogens (tertiary/aromatic N) is 2. The highest BCUT2D eigenvalue weighted by Gasteiger charge is 2.30. The highest BCUT2D eigenvalue weighted by Crippen LogP contribution is 2.42. The van der Waals surface area contributed by atoms with Gasteiger partial charge in [-0.3, -0.25) is 0 Å². The van der Waals surface area contributed by atoms with Crippen LogP contribution in [0, 0.1) is 0 Å². The number of nitrogen functional groups attached to an aromatic ring is 1. The summed E-state index contributed by atoms with van der Waals surface area (Å²) < 4.78 is 2.06. The van der Waals surface area contributed by atoms with Crippen molar-refractivity contribution in [2.45, 2.75) is 25.3 Å². The molecule has 0 atom stereocenters. The fraction of sp³-hybridized carbons (Fsp3) is 0.267. The van der Waals surface area contributed by atoms with Crippen molar-refractivity contribution in [1.82, 2.24) is 9.55 Å². The van der Waals surface area contributed by atoms with Gasteiger partial charge in [-0.2, -0.15) is 0 Å². The van der Waals surface area contributed by atoms with E-state index in [1.807, 2.05) is 30.3 Å². The molecule has 1 saturated carbocycles. The Morgan fingerprint density at radius 1 is 1.37 bits per heavy atom. The summed E-state index contributed by atoms with van der Waals surface area (Å²) in [5.41, 5.74) is 8.10. The fourth-order valence-electron chi connectivity index (χ4n) is 2.28. The molecule has 0 unspecified atom stereocenters. The molecule has 3 rings (SSSR count). The van der Waals surface area contributed by atoms with Gasteiger partial charge in [-0.1, -0.05) is 29.8 Å². The normalized spacial score (nSPS) is 14.6. The number of halogens is 1. The van der Waals surface area contributed by atoms with Gasteiger partial charge in [0.05, 0.1) is 0 Å². The summed E-state index contributed by atoms with van der Waals surface area (Å²) in [5, 5.41) is 0.718. The minimum atomic E-state index is 0.559. The minimum absolute atomic E-state index is 0.559. The number of allylic oxidation sites excluding steroid dienone is 1. The van der Waals surface area contributed by atoms with Crippen LogP contribution in [0.25, 0.3) is 11.3 Å². The first-order valence-corrected chi connectivity index (χ1v) is 6.81. The highest BCUT2D eigenvalue weighted by atomic mass is 35.5. The molecule has 98 valence electrons. The van der Waals surface area contributed by atoms with Crippen molar-refractivity contribution in [3.63, 3.8) is 0 Å². The largest absolute Gasteiger partial charge is 0.383 e. The number of hydrogen-bond acceptors (Lipinski definition) is 2. The van der Waals surface area contributed by atoms with E-state index in [0.717, 1.165) is 22.1 Å². The molecule has 2 aromatic rings. The van der Waals surface area contributed by atoms with Gasteiger partial charge in [0.25, 0.3) is 0 Å². The Bertz CT molecular complexity index is 609. The van der Waals surface area contributed by atoms with E-state index in [1.165, 1.54) is 12.8 Å². The Balaban J connectivity index is 2.08. The van der Waals surface area contributed by atoms with E-state index in [4.69, 9.17) is 22.3 Å². The maximum atomic E-state index is 6.25. The van der Waals surface area contributed by atoms with E-state index < -0.39 is 0 Å². The predicted octanol–water partition coefficient (Wildman–Crippen LogP) is 3.85. The molecule has 4 heteroatoms. The van der Waals surface area contributed by atoms with Crippen LogP contribution in [0.5, 0.6) is 0 Å². The van der Waals surface area contributed by atoms with E-state index in [0.29, 0.717) is 18.3 Å². The van der Waals surface area contributed by atoms with Crippen LogP contribution in [0.2, 0.25) is 5.02 Å². The molecule has 0 radical (unpaired) electrons. The van der Waals surface area contributed by atoms with Crippen LogP contribution >= 0.6 is 11.6 Å². The molecule has 1 aliphatic carbocycles. The Morgan fingerprint density at radius 2 is 2.05 bits per heavy atom. The molecule has 3 nitrogen and oxygen atoms in total. The molecular weight excluding hydrogens is 258 g/mol. The lowest BCUT2D eigenvalue weighted by atomic mass is 10.1. The predicted molar refractivity (Wildman–Crippen MR) is 79.3 cm³/mol. The van der Waals surface area contributed by atoms with Gasteiger partial charge in [-0.25, -0.2) is 4.98 Å². The lowest BCUT2D eigenvalue weighted by Gasteiger charge is -2.05. The maximum absolute atomic E-state index is 6.25. The van der Waals surface area contributed by atoms with Crippen molar-refractivity contribution < 1.29 is 0 Å². The highest BCUT2D eigenvalue weighted by molar-refractivity contribution is 6.30. The molecule has 1 aromatic carbocycles. The van der Waals surface area contributed by atoms with Gasteiger partial charge in [0.15, 0.2) is 0 Å². The number of rotatable bonds is 4. The van der Waals surface area contributed by atoms with E-state index in [1.54, 1.807) is 0 Å². The summed E-state index contributed by atoms with van der Waals surface area (Å²) in [4.78, 5) is 4.74. The Morgan fingerprint density at radius 3 is 2.63 bits per heavy atom. The lowest BCUT2D eigenvalue weighted by Crippen LogP contribution is -2.05. The van der Waals surface area contributed by atoms with Crippen LogP contribution in [-0.2, 0) is 6.54 Å². The zero-order chi connectivity index (χ0) is 13.4. The van der Waals surface area contributed by atoms with Crippen molar-refractivity contribution in [3.05, 3.63) is 47.8 Å². The summed E-state index contributed by atoms with van der Waals surface area (Å²) in [7, 11) is 0. The van der Waals surface area contributed by atoms with Crippen LogP contribution in [-0.4, -0.2) is 9.55 Å². The third-order valence-corrected chi connectivity index (χ3v) is 3.66. The first-order chi connectivity index (χ1) is 9.20. The number of nitrogens with two attached hydrogens (primary N) is 1.